The largest absolute Gasteiger partial charge is 0.279 e. The number of rotatable bonds is 4. The minimum absolute atomic E-state index is 0.000524. The van der Waals surface area contributed by atoms with Gasteiger partial charge >= 0.3 is 0 Å². The molecular formula is C22H18N2OS2. The van der Waals surface area contributed by atoms with E-state index in [0.29, 0.717) is 10.1 Å². The summed E-state index contributed by atoms with van der Waals surface area (Å²) in [4.78, 5) is 21.5. The van der Waals surface area contributed by atoms with Crippen LogP contribution in [-0.4, -0.2) is 16.0 Å². The zero-order valence-corrected chi connectivity index (χ0v) is 16.4. The highest BCUT2D eigenvalue weighted by molar-refractivity contribution is 8.18. The molecule has 0 saturated carbocycles. The van der Waals surface area contributed by atoms with Crippen LogP contribution in [0.3, 0.4) is 0 Å². The second-order valence-electron chi connectivity index (χ2n) is 6.12. The highest BCUT2D eigenvalue weighted by atomic mass is 32.2. The van der Waals surface area contributed by atoms with E-state index in [4.69, 9.17) is 4.99 Å². The highest BCUT2D eigenvalue weighted by Crippen LogP contribution is 2.39. The third-order valence-corrected chi connectivity index (χ3v) is 6.11. The van der Waals surface area contributed by atoms with Gasteiger partial charge in [-0.25, -0.2) is 4.99 Å². The van der Waals surface area contributed by atoms with Crippen LogP contribution in [0.1, 0.15) is 23.4 Å². The Kier molecular flexibility index (Phi) is 5.23. The quantitative estimate of drug-likeness (QED) is 0.503. The summed E-state index contributed by atoms with van der Waals surface area (Å²) in [5.74, 6) is -0.000524. The number of benzene rings is 2. The molecule has 3 nitrogen and oxygen atoms in total. The minimum atomic E-state index is -0.0945. The Balaban J connectivity index is 1.74. The Morgan fingerprint density at radius 3 is 2.33 bits per heavy atom. The van der Waals surface area contributed by atoms with E-state index < -0.39 is 0 Å². The summed E-state index contributed by atoms with van der Waals surface area (Å²) in [6, 6.07) is 23.7. The molecule has 1 atom stereocenters. The van der Waals surface area contributed by atoms with Gasteiger partial charge in [0.05, 0.1) is 16.6 Å². The van der Waals surface area contributed by atoms with E-state index in [1.165, 1.54) is 11.8 Å². The number of hydrogen-bond acceptors (Lipinski definition) is 4. The van der Waals surface area contributed by atoms with Gasteiger partial charge < -0.3 is 0 Å². The van der Waals surface area contributed by atoms with Gasteiger partial charge in [-0.1, -0.05) is 54.6 Å². The van der Waals surface area contributed by atoms with Gasteiger partial charge in [0.1, 0.15) is 0 Å². The molecule has 1 aromatic heterocycles. The summed E-state index contributed by atoms with van der Waals surface area (Å²) in [7, 11) is 0. The fraction of sp³-hybridized carbons (Fsp3) is 0.0909. The molecular weight excluding hydrogens is 372 g/mol. The number of para-hydroxylation sites is 1. The first-order chi connectivity index (χ1) is 13.2. The summed E-state index contributed by atoms with van der Waals surface area (Å²) in [6.45, 7) is 2.04. The molecule has 27 heavy (non-hydrogen) atoms. The standard InChI is InChI=1S/C22H18N2OS2/c1-16(17-9-4-2-5-10-17)24-21(25)20(15-19-13-8-14-26-19)27-22(24)23-18-11-6-3-7-12-18/h2-16H,1H3/b20-15+,23-22?/t16-/m0/s1. The summed E-state index contributed by atoms with van der Waals surface area (Å²) in [5.41, 5.74) is 1.93. The average Bonchev–Trinajstić information content (AvgIpc) is 3.32. The second-order valence-corrected chi connectivity index (χ2v) is 8.11. The molecule has 2 aromatic carbocycles. The fourth-order valence-electron chi connectivity index (χ4n) is 2.90. The van der Waals surface area contributed by atoms with Gasteiger partial charge in [-0.3, -0.25) is 9.69 Å². The molecule has 0 bridgehead atoms. The first-order valence-electron chi connectivity index (χ1n) is 8.67. The monoisotopic (exact) mass is 390 g/mol. The number of amidine groups is 1. The molecule has 0 radical (unpaired) electrons. The molecule has 2 heterocycles. The molecule has 4 rings (SSSR count). The lowest BCUT2D eigenvalue weighted by atomic mass is 10.1. The summed E-state index contributed by atoms with van der Waals surface area (Å²) >= 11 is 3.06. The van der Waals surface area contributed by atoms with E-state index in [-0.39, 0.29) is 11.9 Å². The third-order valence-electron chi connectivity index (χ3n) is 4.30. The Morgan fingerprint density at radius 1 is 0.963 bits per heavy atom. The van der Waals surface area contributed by atoms with Gasteiger partial charge in [-0.2, -0.15) is 0 Å². The predicted molar refractivity (Wildman–Crippen MR) is 115 cm³/mol. The van der Waals surface area contributed by atoms with Gasteiger partial charge in [0.2, 0.25) is 0 Å². The zero-order chi connectivity index (χ0) is 18.6. The van der Waals surface area contributed by atoms with Crippen molar-refractivity contribution >= 4 is 45.9 Å². The number of hydrogen-bond donors (Lipinski definition) is 0. The Labute approximate surface area is 167 Å². The van der Waals surface area contributed by atoms with Crippen molar-refractivity contribution in [2.75, 3.05) is 0 Å². The van der Waals surface area contributed by atoms with Crippen molar-refractivity contribution in [3.63, 3.8) is 0 Å². The molecule has 1 saturated heterocycles. The highest BCUT2D eigenvalue weighted by Gasteiger charge is 2.37. The molecule has 0 aliphatic carbocycles. The second kappa shape index (κ2) is 7.94. The number of thiophene rings is 1. The van der Waals surface area contributed by atoms with Gasteiger partial charge in [-0.15, -0.1) is 11.3 Å². The average molecular weight is 391 g/mol. The Morgan fingerprint density at radius 2 is 1.67 bits per heavy atom. The number of aliphatic imine (C=N–C) groups is 1. The molecule has 1 aliphatic rings. The van der Waals surface area contributed by atoms with Crippen LogP contribution in [0.15, 0.2) is 88.1 Å². The van der Waals surface area contributed by atoms with E-state index in [1.54, 1.807) is 16.2 Å². The first kappa shape index (κ1) is 17.8. The van der Waals surface area contributed by atoms with Crippen molar-refractivity contribution in [3.8, 4) is 0 Å². The maximum Gasteiger partial charge on any atom is 0.267 e. The molecule has 0 N–H and O–H groups in total. The minimum Gasteiger partial charge on any atom is -0.279 e. The van der Waals surface area contributed by atoms with E-state index in [2.05, 4.69) is 0 Å². The van der Waals surface area contributed by atoms with Gasteiger partial charge in [0.25, 0.3) is 5.91 Å². The number of carbonyl (C=O) groups excluding carboxylic acids is 1. The lowest BCUT2D eigenvalue weighted by molar-refractivity contribution is -0.123. The molecule has 1 aliphatic heterocycles. The maximum absolute atomic E-state index is 13.2. The van der Waals surface area contributed by atoms with Crippen LogP contribution in [0.4, 0.5) is 5.69 Å². The number of amides is 1. The van der Waals surface area contributed by atoms with E-state index in [0.717, 1.165) is 16.1 Å². The molecule has 1 fully saturated rings. The van der Waals surface area contributed by atoms with Crippen LogP contribution >= 0.6 is 23.1 Å². The van der Waals surface area contributed by atoms with Gasteiger partial charge in [0, 0.05) is 4.88 Å². The van der Waals surface area contributed by atoms with Crippen molar-refractivity contribution in [2.24, 2.45) is 4.99 Å². The third kappa shape index (κ3) is 3.89. The normalized spacial score (nSPS) is 18.4. The van der Waals surface area contributed by atoms with E-state index in [9.17, 15) is 4.79 Å². The van der Waals surface area contributed by atoms with Crippen LogP contribution in [0.2, 0.25) is 0 Å². The topological polar surface area (TPSA) is 32.7 Å². The van der Waals surface area contributed by atoms with Crippen LogP contribution < -0.4 is 0 Å². The molecule has 134 valence electrons. The zero-order valence-electron chi connectivity index (χ0n) is 14.8. The molecule has 0 unspecified atom stereocenters. The van der Waals surface area contributed by atoms with Gasteiger partial charge in [0.15, 0.2) is 5.17 Å². The van der Waals surface area contributed by atoms with Crippen molar-refractivity contribution in [3.05, 3.63) is 93.5 Å². The Hall–Kier alpha value is -2.63. The molecule has 0 spiro atoms. The predicted octanol–water partition coefficient (Wildman–Crippen LogP) is 6.11. The number of nitrogens with zero attached hydrogens (tertiary/aromatic N) is 2. The van der Waals surface area contributed by atoms with Crippen molar-refractivity contribution < 1.29 is 4.79 Å². The SMILES string of the molecule is C[C@@H](c1ccccc1)N1C(=O)/C(=C\c2cccs2)SC1=Nc1ccccc1. The summed E-state index contributed by atoms with van der Waals surface area (Å²) in [5, 5.41) is 2.73. The fourth-order valence-corrected chi connectivity index (χ4v) is 4.69. The van der Waals surface area contributed by atoms with Crippen molar-refractivity contribution in [2.45, 2.75) is 13.0 Å². The number of carbonyl (C=O) groups is 1. The first-order valence-corrected chi connectivity index (χ1v) is 10.4. The molecule has 1 amide bonds. The summed E-state index contributed by atoms with van der Waals surface area (Å²) < 4.78 is 0. The van der Waals surface area contributed by atoms with E-state index in [1.807, 2.05) is 91.2 Å². The van der Waals surface area contributed by atoms with Crippen molar-refractivity contribution in [1.82, 2.24) is 4.90 Å². The maximum atomic E-state index is 13.2. The van der Waals surface area contributed by atoms with Gasteiger partial charge in [-0.05, 0) is 53.9 Å². The van der Waals surface area contributed by atoms with Crippen LogP contribution in [0.25, 0.3) is 6.08 Å². The summed E-state index contributed by atoms with van der Waals surface area (Å²) in [6.07, 6.45) is 1.95. The smallest absolute Gasteiger partial charge is 0.267 e. The molecule has 3 aromatic rings. The lowest BCUT2D eigenvalue weighted by Gasteiger charge is -2.24. The molecule has 5 heteroatoms. The van der Waals surface area contributed by atoms with Crippen LogP contribution in [-0.2, 0) is 4.79 Å². The van der Waals surface area contributed by atoms with E-state index >= 15 is 0 Å². The Bertz CT molecular complexity index is 980. The van der Waals surface area contributed by atoms with Crippen molar-refractivity contribution in [1.29, 1.82) is 0 Å². The number of thioether (sulfide) groups is 1. The lowest BCUT2D eigenvalue weighted by Crippen LogP contribution is -2.32. The van der Waals surface area contributed by atoms with Crippen LogP contribution in [0, 0.1) is 0 Å². The van der Waals surface area contributed by atoms with Crippen LogP contribution in [0.5, 0.6) is 0 Å².